The molecule has 0 unspecified atom stereocenters. The Morgan fingerprint density at radius 1 is 1.00 bits per heavy atom. The monoisotopic (exact) mass is 389 g/mol. The molecule has 4 rings (SSSR count). The van der Waals surface area contributed by atoms with E-state index >= 15 is 0 Å². The van der Waals surface area contributed by atoms with Crippen LogP contribution < -0.4 is 4.90 Å². The maximum atomic E-state index is 12.8. The molecule has 2 aliphatic heterocycles. The molecule has 1 saturated heterocycles. The second-order valence-electron chi connectivity index (χ2n) is 5.54. The van der Waals surface area contributed by atoms with Crippen molar-refractivity contribution in [3.05, 3.63) is 58.6 Å². The minimum Gasteiger partial charge on any atom is -0.387 e. The lowest BCUT2D eigenvalue weighted by molar-refractivity contribution is -0.124. The lowest BCUT2D eigenvalue weighted by Gasteiger charge is -2.28. The Bertz CT molecular complexity index is 808. The summed E-state index contributed by atoms with van der Waals surface area (Å²) in [7, 11) is 0. The standard InChI is InChI=1S/C17H12BrNO3S/c18-9-5-7-10(8-6-9)19-16(21)13-14(20)11-3-1-2-4-12(11)23-15(13)17(19)22/h1-8,13-15,20H/t13-,14+,15+/m1/s1. The van der Waals surface area contributed by atoms with Gasteiger partial charge in [0.25, 0.3) is 0 Å². The smallest absolute Gasteiger partial charge is 0.248 e. The van der Waals surface area contributed by atoms with Crippen molar-refractivity contribution in [3.63, 3.8) is 0 Å². The van der Waals surface area contributed by atoms with E-state index in [2.05, 4.69) is 15.9 Å². The molecular weight excluding hydrogens is 378 g/mol. The number of anilines is 1. The Labute approximate surface area is 145 Å². The summed E-state index contributed by atoms with van der Waals surface area (Å²) in [6.07, 6.45) is -0.950. The van der Waals surface area contributed by atoms with Crippen LogP contribution in [-0.2, 0) is 9.59 Å². The molecule has 2 amide bonds. The molecule has 2 aliphatic rings. The van der Waals surface area contributed by atoms with Gasteiger partial charge in [-0.2, -0.15) is 0 Å². The lowest BCUT2D eigenvalue weighted by atomic mass is 9.93. The first-order chi connectivity index (χ1) is 11.1. The Morgan fingerprint density at radius 2 is 1.70 bits per heavy atom. The van der Waals surface area contributed by atoms with Crippen LogP contribution in [0.25, 0.3) is 0 Å². The number of rotatable bonds is 1. The number of amides is 2. The molecule has 2 aromatic rings. The van der Waals surface area contributed by atoms with Gasteiger partial charge in [0.05, 0.1) is 17.7 Å². The van der Waals surface area contributed by atoms with Gasteiger partial charge in [0.2, 0.25) is 11.8 Å². The van der Waals surface area contributed by atoms with E-state index < -0.39 is 17.3 Å². The molecule has 0 saturated carbocycles. The summed E-state index contributed by atoms with van der Waals surface area (Å²) >= 11 is 4.71. The lowest BCUT2D eigenvalue weighted by Crippen LogP contribution is -2.32. The van der Waals surface area contributed by atoms with Gasteiger partial charge < -0.3 is 5.11 Å². The van der Waals surface area contributed by atoms with Crippen LogP contribution in [0.4, 0.5) is 5.69 Å². The third kappa shape index (κ3) is 2.24. The van der Waals surface area contributed by atoms with Crippen molar-refractivity contribution in [2.75, 3.05) is 4.90 Å². The maximum absolute atomic E-state index is 12.8. The second-order valence-corrected chi connectivity index (χ2v) is 7.63. The second kappa shape index (κ2) is 5.47. The number of benzene rings is 2. The fourth-order valence-electron chi connectivity index (χ4n) is 3.10. The molecule has 2 aromatic carbocycles. The number of hydrogen-bond donors (Lipinski definition) is 1. The largest absolute Gasteiger partial charge is 0.387 e. The number of nitrogens with zero attached hydrogens (tertiary/aromatic N) is 1. The molecule has 6 heteroatoms. The molecule has 0 aliphatic carbocycles. The first-order valence-electron chi connectivity index (χ1n) is 7.15. The predicted molar refractivity (Wildman–Crippen MR) is 91.2 cm³/mol. The van der Waals surface area contributed by atoms with Crippen LogP contribution in [0.5, 0.6) is 0 Å². The molecule has 1 N–H and O–H groups in total. The van der Waals surface area contributed by atoms with E-state index in [9.17, 15) is 14.7 Å². The van der Waals surface area contributed by atoms with Crippen molar-refractivity contribution >= 4 is 45.2 Å². The van der Waals surface area contributed by atoms with Crippen LogP contribution in [0.1, 0.15) is 11.7 Å². The number of fused-ring (bicyclic) bond motifs is 2. The molecule has 4 nitrogen and oxygen atoms in total. The van der Waals surface area contributed by atoms with Gasteiger partial charge in [0.15, 0.2) is 0 Å². The van der Waals surface area contributed by atoms with E-state index in [0.29, 0.717) is 5.69 Å². The summed E-state index contributed by atoms with van der Waals surface area (Å²) in [6.45, 7) is 0. The third-order valence-electron chi connectivity index (χ3n) is 4.21. The van der Waals surface area contributed by atoms with Crippen LogP contribution in [0, 0.1) is 5.92 Å². The van der Waals surface area contributed by atoms with Crippen LogP contribution in [0.15, 0.2) is 57.9 Å². The Morgan fingerprint density at radius 3 is 2.43 bits per heavy atom. The summed E-state index contributed by atoms with van der Waals surface area (Å²) in [5.74, 6) is -1.33. The van der Waals surface area contributed by atoms with Gasteiger partial charge in [0, 0.05) is 9.37 Å². The molecule has 0 bridgehead atoms. The zero-order valence-electron chi connectivity index (χ0n) is 11.8. The van der Waals surface area contributed by atoms with Gasteiger partial charge >= 0.3 is 0 Å². The zero-order chi connectivity index (χ0) is 16.1. The van der Waals surface area contributed by atoms with Gasteiger partial charge in [-0.3, -0.25) is 9.59 Å². The van der Waals surface area contributed by atoms with Crippen molar-refractivity contribution in [1.82, 2.24) is 0 Å². The number of carbonyl (C=O) groups excluding carboxylic acids is 2. The summed E-state index contributed by atoms with van der Waals surface area (Å²) in [6, 6.07) is 14.4. The average Bonchev–Trinajstić information content (AvgIpc) is 2.80. The predicted octanol–water partition coefficient (Wildman–Crippen LogP) is 3.15. The highest BCUT2D eigenvalue weighted by Gasteiger charge is 2.54. The van der Waals surface area contributed by atoms with Crippen molar-refractivity contribution in [3.8, 4) is 0 Å². The van der Waals surface area contributed by atoms with Gasteiger partial charge in [-0.1, -0.05) is 34.1 Å². The van der Waals surface area contributed by atoms with Crippen molar-refractivity contribution in [2.45, 2.75) is 16.2 Å². The Kier molecular flexibility index (Phi) is 3.55. The van der Waals surface area contributed by atoms with Crippen molar-refractivity contribution in [2.24, 2.45) is 5.92 Å². The molecule has 0 radical (unpaired) electrons. The normalized spacial score (nSPS) is 26.2. The minimum atomic E-state index is -0.950. The van der Waals surface area contributed by atoms with Crippen LogP contribution in [0.2, 0.25) is 0 Å². The topological polar surface area (TPSA) is 57.6 Å². The zero-order valence-corrected chi connectivity index (χ0v) is 14.3. The fraction of sp³-hybridized carbons (Fsp3) is 0.176. The van der Waals surface area contributed by atoms with E-state index in [4.69, 9.17) is 0 Å². The minimum absolute atomic E-state index is 0.263. The van der Waals surface area contributed by atoms with Gasteiger partial charge in [0.1, 0.15) is 5.25 Å². The molecule has 116 valence electrons. The van der Waals surface area contributed by atoms with E-state index in [-0.39, 0.29) is 11.8 Å². The summed E-state index contributed by atoms with van der Waals surface area (Å²) in [5.41, 5.74) is 1.26. The van der Waals surface area contributed by atoms with E-state index in [1.54, 1.807) is 24.3 Å². The van der Waals surface area contributed by atoms with Crippen LogP contribution in [0.3, 0.4) is 0 Å². The Balaban J connectivity index is 1.76. The molecule has 2 heterocycles. The highest BCUT2D eigenvalue weighted by molar-refractivity contribution is 9.10. The number of aliphatic hydroxyl groups is 1. The van der Waals surface area contributed by atoms with Gasteiger partial charge in [-0.25, -0.2) is 4.90 Å². The molecule has 0 aromatic heterocycles. The highest BCUT2D eigenvalue weighted by Crippen LogP contribution is 2.49. The first kappa shape index (κ1) is 14.9. The summed E-state index contributed by atoms with van der Waals surface area (Å²) in [4.78, 5) is 27.6. The van der Waals surface area contributed by atoms with E-state index in [1.165, 1.54) is 16.7 Å². The quantitative estimate of drug-likeness (QED) is 0.761. The fourth-order valence-corrected chi connectivity index (χ4v) is 4.74. The van der Waals surface area contributed by atoms with E-state index in [0.717, 1.165) is 14.9 Å². The van der Waals surface area contributed by atoms with Gasteiger partial charge in [-0.05, 0) is 35.9 Å². The highest BCUT2D eigenvalue weighted by atomic mass is 79.9. The first-order valence-corrected chi connectivity index (χ1v) is 8.82. The summed E-state index contributed by atoms with van der Waals surface area (Å²) < 4.78 is 0.875. The van der Waals surface area contributed by atoms with Crippen molar-refractivity contribution in [1.29, 1.82) is 0 Å². The van der Waals surface area contributed by atoms with Crippen molar-refractivity contribution < 1.29 is 14.7 Å². The molecule has 1 fully saturated rings. The maximum Gasteiger partial charge on any atom is 0.248 e. The molecule has 0 spiro atoms. The number of carbonyl (C=O) groups is 2. The van der Waals surface area contributed by atoms with Crippen LogP contribution in [-0.4, -0.2) is 22.2 Å². The number of halogens is 1. The Hall–Kier alpha value is -1.63. The van der Waals surface area contributed by atoms with E-state index in [1.807, 2.05) is 24.3 Å². The summed E-state index contributed by atoms with van der Waals surface area (Å²) in [5, 5.41) is 10.0. The number of thioether (sulfide) groups is 1. The molecule has 23 heavy (non-hydrogen) atoms. The molecular formula is C17H12BrNO3S. The van der Waals surface area contributed by atoms with Crippen LogP contribution >= 0.6 is 27.7 Å². The SMILES string of the molecule is O=C1[C@H]2[C@H](Sc3ccccc3[C@@H]2O)C(=O)N1c1ccc(Br)cc1. The average molecular weight is 390 g/mol. The van der Waals surface area contributed by atoms with Gasteiger partial charge in [-0.15, -0.1) is 11.8 Å². The number of aliphatic hydroxyl groups excluding tert-OH is 1. The molecule has 3 atom stereocenters. The number of hydrogen-bond acceptors (Lipinski definition) is 4. The third-order valence-corrected chi connectivity index (χ3v) is 6.12. The number of imide groups is 1.